The van der Waals surface area contributed by atoms with Gasteiger partial charge in [-0.25, -0.2) is 4.98 Å². The third-order valence-electron chi connectivity index (χ3n) is 3.51. The van der Waals surface area contributed by atoms with E-state index in [2.05, 4.69) is 4.98 Å². The minimum absolute atomic E-state index is 0.0918. The SMILES string of the molecule is O=C(c1ccccc1)N1CC(Oc2ccc(C(F)(F)F)cn2)C1. The molecule has 1 aromatic carbocycles. The summed E-state index contributed by atoms with van der Waals surface area (Å²) >= 11 is 0. The van der Waals surface area contributed by atoms with Crippen LogP contribution in [0.2, 0.25) is 0 Å². The van der Waals surface area contributed by atoms with Gasteiger partial charge in [0, 0.05) is 17.8 Å². The number of hydrogen-bond acceptors (Lipinski definition) is 3. The smallest absolute Gasteiger partial charge is 0.417 e. The maximum absolute atomic E-state index is 12.4. The van der Waals surface area contributed by atoms with E-state index in [1.54, 1.807) is 29.2 Å². The predicted octanol–water partition coefficient (Wildman–Crippen LogP) is 3.00. The van der Waals surface area contributed by atoms with Gasteiger partial charge in [0.25, 0.3) is 5.91 Å². The summed E-state index contributed by atoms with van der Waals surface area (Å²) in [6.45, 7) is 0.771. The fourth-order valence-corrected chi connectivity index (χ4v) is 2.23. The number of aromatic nitrogens is 1. The molecule has 0 aliphatic carbocycles. The van der Waals surface area contributed by atoms with Crippen LogP contribution in [0.3, 0.4) is 0 Å². The Morgan fingerprint density at radius 3 is 2.39 bits per heavy atom. The van der Waals surface area contributed by atoms with Crippen LogP contribution < -0.4 is 4.74 Å². The van der Waals surface area contributed by atoms with Crippen molar-refractivity contribution in [3.05, 3.63) is 59.8 Å². The Labute approximate surface area is 130 Å². The lowest BCUT2D eigenvalue weighted by molar-refractivity contribution is -0.137. The highest BCUT2D eigenvalue weighted by Crippen LogP contribution is 2.29. The van der Waals surface area contributed by atoms with Crippen LogP contribution in [0, 0.1) is 0 Å². The number of nitrogens with zero attached hydrogens (tertiary/aromatic N) is 2. The van der Waals surface area contributed by atoms with E-state index in [0.29, 0.717) is 18.7 Å². The van der Waals surface area contributed by atoms with Crippen molar-refractivity contribution in [2.24, 2.45) is 0 Å². The minimum atomic E-state index is -4.42. The molecule has 4 nitrogen and oxygen atoms in total. The molecular formula is C16H13F3N2O2. The summed E-state index contributed by atoms with van der Waals surface area (Å²) in [6.07, 6.45) is -3.94. The number of ether oxygens (including phenoxy) is 1. The predicted molar refractivity (Wildman–Crippen MR) is 76.0 cm³/mol. The van der Waals surface area contributed by atoms with E-state index in [4.69, 9.17) is 4.74 Å². The maximum Gasteiger partial charge on any atom is 0.417 e. The van der Waals surface area contributed by atoms with Gasteiger partial charge < -0.3 is 9.64 Å². The summed E-state index contributed by atoms with van der Waals surface area (Å²) in [5.74, 6) is 0.0284. The van der Waals surface area contributed by atoms with Crippen molar-refractivity contribution < 1.29 is 22.7 Å². The molecule has 120 valence electrons. The molecule has 0 unspecified atom stereocenters. The second-order valence-corrected chi connectivity index (χ2v) is 5.20. The first-order valence-electron chi connectivity index (χ1n) is 6.98. The molecule has 1 aliphatic heterocycles. The van der Waals surface area contributed by atoms with Gasteiger partial charge in [-0.15, -0.1) is 0 Å². The highest BCUT2D eigenvalue weighted by atomic mass is 19.4. The first-order valence-corrected chi connectivity index (χ1v) is 6.98. The third kappa shape index (κ3) is 3.44. The number of amides is 1. The van der Waals surface area contributed by atoms with Gasteiger partial charge in [0.15, 0.2) is 0 Å². The van der Waals surface area contributed by atoms with Crippen molar-refractivity contribution in [3.63, 3.8) is 0 Å². The quantitative estimate of drug-likeness (QED) is 0.872. The molecular weight excluding hydrogens is 309 g/mol. The van der Waals surface area contributed by atoms with Crippen LogP contribution in [-0.2, 0) is 6.18 Å². The first-order chi connectivity index (χ1) is 10.9. The molecule has 7 heteroatoms. The molecule has 0 saturated carbocycles. The molecule has 1 fully saturated rings. The van der Waals surface area contributed by atoms with Crippen molar-refractivity contribution in [3.8, 4) is 5.88 Å². The highest BCUT2D eigenvalue weighted by molar-refractivity contribution is 5.94. The molecule has 2 heterocycles. The molecule has 1 amide bonds. The van der Waals surface area contributed by atoms with Crippen molar-refractivity contribution in [1.29, 1.82) is 0 Å². The Bertz CT molecular complexity index is 681. The van der Waals surface area contributed by atoms with E-state index in [9.17, 15) is 18.0 Å². The number of hydrogen-bond donors (Lipinski definition) is 0. The number of likely N-dealkylation sites (tertiary alicyclic amines) is 1. The summed E-state index contributed by atoms with van der Waals surface area (Å²) < 4.78 is 42.8. The molecule has 0 bridgehead atoms. The Balaban J connectivity index is 1.53. The Morgan fingerprint density at radius 2 is 1.83 bits per heavy atom. The number of alkyl halides is 3. The monoisotopic (exact) mass is 322 g/mol. The molecule has 3 rings (SSSR count). The molecule has 0 spiro atoms. The summed E-state index contributed by atoms with van der Waals surface area (Å²) in [5, 5.41) is 0. The number of carbonyl (C=O) groups is 1. The van der Waals surface area contributed by atoms with Crippen molar-refractivity contribution in [2.75, 3.05) is 13.1 Å². The van der Waals surface area contributed by atoms with Gasteiger partial charge in [-0.1, -0.05) is 18.2 Å². The van der Waals surface area contributed by atoms with Gasteiger partial charge in [-0.05, 0) is 18.2 Å². The van der Waals surface area contributed by atoms with Gasteiger partial charge in [0.2, 0.25) is 5.88 Å². The normalized spacial score (nSPS) is 15.2. The lowest BCUT2D eigenvalue weighted by Gasteiger charge is -2.38. The van der Waals surface area contributed by atoms with Gasteiger partial charge >= 0.3 is 6.18 Å². The van der Waals surface area contributed by atoms with Crippen molar-refractivity contribution in [1.82, 2.24) is 9.88 Å². The van der Waals surface area contributed by atoms with Gasteiger partial charge in [0.05, 0.1) is 18.7 Å². The van der Waals surface area contributed by atoms with E-state index >= 15 is 0 Å². The molecule has 2 aromatic rings. The summed E-state index contributed by atoms with van der Waals surface area (Å²) in [4.78, 5) is 17.4. The van der Waals surface area contributed by atoms with E-state index in [-0.39, 0.29) is 17.9 Å². The zero-order valence-corrected chi connectivity index (χ0v) is 12.0. The van der Waals surface area contributed by atoms with E-state index in [1.807, 2.05) is 6.07 Å². The topological polar surface area (TPSA) is 42.4 Å². The Kier molecular flexibility index (Phi) is 3.94. The Hall–Kier alpha value is -2.57. The van der Waals surface area contributed by atoms with Crippen LogP contribution >= 0.6 is 0 Å². The largest absolute Gasteiger partial charge is 0.471 e. The minimum Gasteiger partial charge on any atom is -0.471 e. The lowest BCUT2D eigenvalue weighted by atomic mass is 10.1. The molecule has 0 N–H and O–H groups in total. The summed E-state index contributed by atoms with van der Waals surface area (Å²) in [7, 11) is 0. The van der Waals surface area contributed by atoms with Gasteiger partial charge in [-0.2, -0.15) is 13.2 Å². The van der Waals surface area contributed by atoms with Gasteiger partial charge in [-0.3, -0.25) is 4.79 Å². The molecule has 0 radical (unpaired) electrons. The molecule has 1 saturated heterocycles. The summed E-state index contributed by atoms with van der Waals surface area (Å²) in [5.41, 5.74) is -0.224. The average molecular weight is 322 g/mol. The zero-order chi connectivity index (χ0) is 16.4. The van der Waals surface area contributed by atoms with Crippen LogP contribution in [0.15, 0.2) is 48.7 Å². The second-order valence-electron chi connectivity index (χ2n) is 5.20. The standard InChI is InChI=1S/C16H13F3N2O2/c17-16(18,19)12-6-7-14(20-8-12)23-13-9-21(10-13)15(22)11-4-2-1-3-5-11/h1-8,13H,9-10H2. The summed E-state index contributed by atoms with van der Waals surface area (Å²) in [6, 6.07) is 11.0. The van der Waals surface area contributed by atoms with E-state index in [0.717, 1.165) is 12.3 Å². The second kappa shape index (κ2) is 5.91. The first kappa shape index (κ1) is 15.3. The Morgan fingerprint density at radius 1 is 1.13 bits per heavy atom. The fraction of sp³-hybridized carbons (Fsp3) is 0.250. The zero-order valence-electron chi connectivity index (χ0n) is 12.0. The van der Waals surface area contributed by atoms with E-state index in [1.165, 1.54) is 6.07 Å². The number of carbonyl (C=O) groups excluding carboxylic acids is 1. The number of rotatable bonds is 3. The maximum atomic E-state index is 12.4. The highest BCUT2D eigenvalue weighted by Gasteiger charge is 2.34. The van der Waals surface area contributed by atoms with E-state index < -0.39 is 11.7 Å². The van der Waals surface area contributed by atoms with Crippen LogP contribution in [0.25, 0.3) is 0 Å². The third-order valence-corrected chi connectivity index (χ3v) is 3.51. The van der Waals surface area contributed by atoms with Crippen molar-refractivity contribution in [2.45, 2.75) is 12.3 Å². The number of halogens is 3. The fourth-order valence-electron chi connectivity index (χ4n) is 2.23. The number of pyridine rings is 1. The average Bonchev–Trinajstić information content (AvgIpc) is 2.50. The molecule has 1 aliphatic rings. The molecule has 1 aromatic heterocycles. The van der Waals surface area contributed by atoms with Crippen LogP contribution in [-0.4, -0.2) is 35.0 Å². The van der Waals surface area contributed by atoms with Gasteiger partial charge in [0.1, 0.15) is 6.10 Å². The number of benzene rings is 1. The van der Waals surface area contributed by atoms with Crippen LogP contribution in [0.4, 0.5) is 13.2 Å². The molecule has 23 heavy (non-hydrogen) atoms. The lowest BCUT2D eigenvalue weighted by Crippen LogP contribution is -2.56. The van der Waals surface area contributed by atoms with Crippen LogP contribution in [0.5, 0.6) is 5.88 Å². The van der Waals surface area contributed by atoms with Crippen LogP contribution in [0.1, 0.15) is 15.9 Å². The molecule has 0 atom stereocenters. The van der Waals surface area contributed by atoms with Crippen molar-refractivity contribution >= 4 is 5.91 Å².